The fourth-order valence-electron chi connectivity index (χ4n) is 4.58. The smallest absolute Gasteiger partial charge is 0.193 e. The van der Waals surface area contributed by atoms with E-state index in [9.17, 15) is 19.8 Å². The summed E-state index contributed by atoms with van der Waals surface area (Å²) in [5.41, 5.74) is 2.38. The van der Waals surface area contributed by atoms with E-state index in [0.717, 1.165) is 6.42 Å². The van der Waals surface area contributed by atoms with Crippen LogP contribution >= 0.6 is 0 Å². The van der Waals surface area contributed by atoms with Crippen LogP contribution in [-0.4, -0.2) is 71.7 Å². The topological polar surface area (TPSA) is 96.3 Å². The van der Waals surface area contributed by atoms with Crippen LogP contribution < -0.4 is 9.47 Å². The van der Waals surface area contributed by atoms with Gasteiger partial charge in [-0.2, -0.15) is 0 Å². The molecular weight excluding hydrogens is 530 g/mol. The zero-order chi connectivity index (χ0) is 29.7. The average molecular weight is 568 g/mol. The van der Waals surface area contributed by atoms with Gasteiger partial charge in [-0.15, -0.1) is 0 Å². The van der Waals surface area contributed by atoms with E-state index in [2.05, 4.69) is 0 Å². The van der Waals surface area contributed by atoms with Gasteiger partial charge in [0.05, 0.1) is 0 Å². The number of nitrogens with zero attached hydrogens (tertiary/aromatic N) is 1. The summed E-state index contributed by atoms with van der Waals surface area (Å²) in [5, 5.41) is 21.2. The van der Waals surface area contributed by atoms with E-state index in [1.165, 1.54) is 0 Å². The zero-order valence-corrected chi connectivity index (χ0v) is 23.8. The third-order valence-electron chi connectivity index (χ3n) is 6.67. The summed E-state index contributed by atoms with van der Waals surface area (Å²) in [4.78, 5) is 27.1. The molecule has 2 N–H and O–H groups in total. The van der Waals surface area contributed by atoms with Crippen LogP contribution in [0.1, 0.15) is 45.2 Å². The molecule has 0 saturated heterocycles. The van der Waals surface area contributed by atoms with Crippen LogP contribution in [0.2, 0.25) is 0 Å². The Hall–Kier alpha value is -4.30. The summed E-state index contributed by atoms with van der Waals surface area (Å²) in [6.45, 7) is 3.53. The number of hydrogen-bond donors (Lipinski definition) is 2. The number of benzene rings is 4. The van der Waals surface area contributed by atoms with E-state index in [-0.39, 0.29) is 24.8 Å². The molecule has 0 fully saturated rings. The maximum Gasteiger partial charge on any atom is 0.193 e. The number of aliphatic hydroxyl groups excluding tert-OH is 2. The minimum atomic E-state index is -0.773. The Balaban J connectivity index is 1.21. The minimum Gasteiger partial charge on any atom is -0.491 e. The van der Waals surface area contributed by atoms with Gasteiger partial charge in [0.25, 0.3) is 0 Å². The zero-order valence-electron chi connectivity index (χ0n) is 23.8. The molecule has 4 rings (SSSR count). The fraction of sp³-hybridized carbons (Fsp3) is 0.257. The Morgan fingerprint density at radius 2 is 0.952 bits per heavy atom. The summed E-state index contributed by atoms with van der Waals surface area (Å²) in [5.74, 6) is 1.00. The fourth-order valence-corrected chi connectivity index (χ4v) is 4.58. The number of ether oxygens (including phenoxy) is 2. The number of carbonyl (C=O) groups is 2. The molecule has 0 bridgehead atoms. The standard InChI is InChI=1S/C35H37NO6/c1-2-21-36(22-30(37)24-41-32-17-13-28(14-18-32)34(39)26-9-5-3-6-10-26)23-31(38)25-42-33-19-15-29(16-20-33)35(40)27-11-7-4-8-12-27/h3-20,30-31,37-38H,2,21-25H2,1H3. The molecule has 218 valence electrons. The first kappa shape index (κ1) is 30.7. The SMILES string of the molecule is CCCN(CC(O)COc1ccc(C(=O)c2ccccc2)cc1)CC(O)COc1ccc(C(=O)c2ccccc2)cc1. The Morgan fingerprint density at radius 1 is 0.595 bits per heavy atom. The maximum atomic E-state index is 12.6. The molecule has 0 aliphatic carbocycles. The van der Waals surface area contributed by atoms with E-state index < -0.39 is 12.2 Å². The van der Waals surface area contributed by atoms with E-state index >= 15 is 0 Å². The number of aliphatic hydroxyl groups is 2. The summed E-state index contributed by atoms with van der Waals surface area (Å²) in [6, 6.07) is 31.9. The highest BCUT2D eigenvalue weighted by molar-refractivity contribution is 6.09. The van der Waals surface area contributed by atoms with Gasteiger partial charge in [-0.05, 0) is 61.5 Å². The van der Waals surface area contributed by atoms with Crippen molar-refractivity contribution >= 4 is 11.6 Å². The van der Waals surface area contributed by atoms with E-state index in [1.54, 1.807) is 72.8 Å². The first-order valence-corrected chi connectivity index (χ1v) is 14.2. The van der Waals surface area contributed by atoms with Gasteiger partial charge in [-0.3, -0.25) is 14.5 Å². The molecule has 0 aliphatic heterocycles. The van der Waals surface area contributed by atoms with Crippen molar-refractivity contribution in [1.82, 2.24) is 4.90 Å². The Kier molecular flexibility index (Phi) is 11.4. The van der Waals surface area contributed by atoms with E-state index in [0.29, 0.717) is 53.4 Å². The predicted octanol–water partition coefficient (Wildman–Crippen LogP) is 5.04. The van der Waals surface area contributed by atoms with Crippen molar-refractivity contribution in [2.24, 2.45) is 0 Å². The molecule has 7 heteroatoms. The molecule has 0 aromatic heterocycles. The van der Waals surface area contributed by atoms with Crippen LogP contribution in [-0.2, 0) is 0 Å². The average Bonchev–Trinajstić information content (AvgIpc) is 3.03. The third kappa shape index (κ3) is 9.11. The predicted molar refractivity (Wildman–Crippen MR) is 162 cm³/mol. The van der Waals surface area contributed by atoms with E-state index in [1.807, 2.05) is 48.2 Å². The highest BCUT2D eigenvalue weighted by atomic mass is 16.5. The molecule has 42 heavy (non-hydrogen) atoms. The second-order valence-corrected chi connectivity index (χ2v) is 10.1. The lowest BCUT2D eigenvalue weighted by molar-refractivity contribution is 0.0314. The largest absolute Gasteiger partial charge is 0.491 e. The maximum absolute atomic E-state index is 12.6. The molecule has 0 aliphatic rings. The Morgan fingerprint density at radius 3 is 1.31 bits per heavy atom. The summed E-state index contributed by atoms with van der Waals surface area (Å²) < 4.78 is 11.5. The van der Waals surface area contributed by atoms with Crippen LogP contribution in [0, 0.1) is 0 Å². The van der Waals surface area contributed by atoms with E-state index in [4.69, 9.17) is 9.47 Å². The Labute approximate surface area is 247 Å². The van der Waals surface area contributed by atoms with Gasteiger partial charge in [0, 0.05) is 35.3 Å². The molecule has 0 amide bonds. The van der Waals surface area contributed by atoms with Crippen molar-refractivity contribution in [1.29, 1.82) is 0 Å². The van der Waals surface area contributed by atoms with Gasteiger partial charge >= 0.3 is 0 Å². The summed E-state index contributed by atoms with van der Waals surface area (Å²) >= 11 is 0. The summed E-state index contributed by atoms with van der Waals surface area (Å²) in [6.07, 6.45) is -0.690. The highest BCUT2D eigenvalue weighted by Crippen LogP contribution is 2.17. The quantitative estimate of drug-likeness (QED) is 0.183. The lowest BCUT2D eigenvalue weighted by Crippen LogP contribution is -2.42. The molecule has 0 radical (unpaired) electrons. The molecule has 2 unspecified atom stereocenters. The van der Waals surface area contributed by atoms with Gasteiger partial charge in [0.1, 0.15) is 36.9 Å². The van der Waals surface area contributed by atoms with Crippen molar-refractivity contribution in [2.75, 3.05) is 32.8 Å². The van der Waals surface area contributed by atoms with Crippen molar-refractivity contribution in [3.05, 3.63) is 131 Å². The van der Waals surface area contributed by atoms with Crippen LogP contribution in [0.4, 0.5) is 0 Å². The molecule has 2 atom stereocenters. The van der Waals surface area contributed by atoms with Gasteiger partial charge in [-0.1, -0.05) is 67.6 Å². The molecule has 0 heterocycles. The first-order chi connectivity index (χ1) is 20.4. The molecule has 4 aromatic rings. The van der Waals surface area contributed by atoms with Crippen LogP contribution in [0.3, 0.4) is 0 Å². The lowest BCUT2D eigenvalue weighted by Gasteiger charge is -2.27. The summed E-state index contributed by atoms with van der Waals surface area (Å²) in [7, 11) is 0. The van der Waals surface area contributed by atoms with Gasteiger partial charge in [0.2, 0.25) is 0 Å². The van der Waals surface area contributed by atoms with Crippen molar-refractivity contribution in [3.8, 4) is 11.5 Å². The van der Waals surface area contributed by atoms with Crippen LogP contribution in [0.5, 0.6) is 11.5 Å². The van der Waals surface area contributed by atoms with Crippen LogP contribution in [0.15, 0.2) is 109 Å². The molecule has 4 aromatic carbocycles. The number of ketones is 2. The van der Waals surface area contributed by atoms with Gasteiger partial charge in [0.15, 0.2) is 11.6 Å². The Bertz CT molecular complexity index is 1280. The van der Waals surface area contributed by atoms with Crippen molar-refractivity contribution < 1.29 is 29.3 Å². The monoisotopic (exact) mass is 567 g/mol. The van der Waals surface area contributed by atoms with Crippen molar-refractivity contribution in [2.45, 2.75) is 25.6 Å². The van der Waals surface area contributed by atoms with Crippen LogP contribution in [0.25, 0.3) is 0 Å². The number of hydrogen-bond acceptors (Lipinski definition) is 7. The lowest BCUT2D eigenvalue weighted by atomic mass is 10.0. The van der Waals surface area contributed by atoms with Gasteiger partial charge < -0.3 is 19.7 Å². The highest BCUT2D eigenvalue weighted by Gasteiger charge is 2.17. The molecular formula is C35H37NO6. The molecule has 0 spiro atoms. The third-order valence-corrected chi connectivity index (χ3v) is 6.67. The normalized spacial score (nSPS) is 12.5. The first-order valence-electron chi connectivity index (χ1n) is 14.2. The minimum absolute atomic E-state index is 0.0601. The number of carbonyl (C=O) groups excluding carboxylic acids is 2. The van der Waals surface area contributed by atoms with Crippen molar-refractivity contribution in [3.63, 3.8) is 0 Å². The molecule has 0 saturated carbocycles. The second-order valence-electron chi connectivity index (χ2n) is 10.1. The number of rotatable bonds is 16. The molecule has 7 nitrogen and oxygen atoms in total. The van der Waals surface area contributed by atoms with Gasteiger partial charge in [-0.25, -0.2) is 0 Å². The second kappa shape index (κ2) is 15.6.